The van der Waals surface area contributed by atoms with Crippen LogP contribution >= 0.6 is 0 Å². The lowest BCUT2D eigenvalue weighted by Crippen LogP contribution is -2.34. The first-order chi connectivity index (χ1) is 6.54. The molecule has 0 atom stereocenters. The summed E-state index contributed by atoms with van der Waals surface area (Å²) in [5.41, 5.74) is 0. The van der Waals surface area contributed by atoms with Crippen molar-refractivity contribution < 1.29 is 29.0 Å². The van der Waals surface area contributed by atoms with Gasteiger partial charge in [-0.1, -0.05) is 0 Å². The molecule has 0 fully saturated rings. The van der Waals surface area contributed by atoms with Crippen LogP contribution in [0.2, 0.25) is 0 Å². The Bertz CT molecular complexity index is 216. The van der Waals surface area contributed by atoms with Crippen molar-refractivity contribution in [2.45, 2.75) is 13.8 Å². The van der Waals surface area contributed by atoms with Gasteiger partial charge in [0.25, 0.3) is 5.92 Å². The maximum Gasteiger partial charge on any atom is 0.331 e. The van der Waals surface area contributed by atoms with Crippen LogP contribution in [0.5, 0.6) is 0 Å². The minimum atomic E-state index is -1.88. The van der Waals surface area contributed by atoms with E-state index in [1.165, 1.54) is 13.8 Å². The third-order valence-corrected chi connectivity index (χ3v) is 1.29. The molecule has 0 aliphatic carbocycles. The number of rotatable bonds is 5. The van der Waals surface area contributed by atoms with Crippen LogP contribution in [0.25, 0.3) is 0 Å². The summed E-state index contributed by atoms with van der Waals surface area (Å²) in [5, 5.41) is 8.57. The SMILES string of the molecule is CCOC(=O)C(C(=O)O)C(=O)OCC. The zero-order chi connectivity index (χ0) is 11.1. The van der Waals surface area contributed by atoms with Gasteiger partial charge < -0.3 is 14.6 Å². The summed E-state index contributed by atoms with van der Waals surface area (Å²) in [6.07, 6.45) is 0. The van der Waals surface area contributed by atoms with Crippen molar-refractivity contribution >= 4 is 17.9 Å². The lowest BCUT2D eigenvalue weighted by atomic mass is 10.1. The molecule has 0 aromatic rings. The molecule has 0 aromatic carbocycles. The lowest BCUT2D eigenvalue weighted by Gasteiger charge is -2.09. The van der Waals surface area contributed by atoms with E-state index in [0.717, 1.165) is 0 Å². The molecule has 0 radical (unpaired) electrons. The van der Waals surface area contributed by atoms with Gasteiger partial charge in [-0.15, -0.1) is 0 Å². The van der Waals surface area contributed by atoms with Gasteiger partial charge in [-0.2, -0.15) is 0 Å². The fourth-order valence-electron chi connectivity index (χ4n) is 0.749. The number of aliphatic carboxylic acids is 1. The predicted octanol–water partition coefficient (Wildman–Crippen LogP) is -0.187. The molecule has 0 rings (SSSR count). The number of ether oxygens (including phenoxy) is 2. The van der Waals surface area contributed by atoms with Crippen molar-refractivity contribution in [3.05, 3.63) is 0 Å². The van der Waals surface area contributed by atoms with Gasteiger partial charge in [-0.25, -0.2) is 0 Å². The van der Waals surface area contributed by atoms with E-state index in [-0.39, 0.29) is 13.2 Å². The molecule has 14 heavy (non-hydrogen) atoms. The highest BCUT2D eigenvalue weighted by Crippen LogP contribution is 2.03. The van der Waals surface area contributed by atoms with Crippen molar-refractivity contribution in [1.82, 2.24) is 0 Å². The Balaban J connectivity index is 4.51. The molecule has 0 saturated heterocycles. The molecule has 0 aromatic heterocycles. The molecule has 0 saturated carbocycles. The van der Waals surface area contributed by atoms with Crippen LogP contribution in [-0.4, -0.2) is 36.2 Å². The number of hydrogen-bond acceptors (Lipinski definition) is 5. The highest BCUT2D eigenvalue weighted by molar-refractivity contribution is 6.11. The molecule has 6 heteroatoms. The predicted molar refractivity (Wildman–Crippen MR) is 44.4 cm³/mol. The largest absolute Gasteiger partial charge is 0.480 e. The molecular weight excluding hydrogens is 192 g/mol. The second-order valence-corrected chi connectivity index (χ2v) is 2.28. The van der Waals surface area contributed by atoms with Gasteiger partial charge in [0.05, 0.1) is 13.2 Å². The van der Waals surface area contributed by atoms with E-state index in [1.807, 2.05) is 0 Å². The van der Waals surface area contributed by atoms with E-state index in [1.54, 1.807) is 0 Å². The fourth-order valence-corrected chi connectivity index (χ4v) is 0.749. The summed E-state index contributed by atoms with van der Waals surface area (Å²) < 4.78 is 8.82. The summed E-state index contributed by atoms with van der Waals surface area (Å²) in [4.78, 5) is 32.5. The molecule has 0 amide bonds. The summed E-state index contributed by atoms with van der Waals surface area (Å²) in [5.74, 6) is -5.64. The molecule has 80 valence electrons. The molecule has 0 spiro atoms. The molecular formula is C8H12O6. The zero-order valence-electron chi connectivity index (χ0n) is 7.98. The average molecular weight is 204 g/mol. The normalized spacial score (nSPS) is 9.64. The van der Waals surface area contributed by atoms with Crippen molar-refractivity contribution in [2.24, 2.45) is 5.92 Å². The number of carbonyl (C=O) groups excluding carboxylic acids is 2. The highest BCUT2D eigenvalue weighted by atomic mass is 16.6. The van der Waals surface area contributed by atoms with Crippen molar-refractivity contribution in [1.29, 1.82) is 0 Å². The van der Waals surface area contributed by atoms with Gasteiger partial charge in [-0.3, -0.25) is 14.4 Å². The van der Waals surface area contributed by atoms with Crippen LogP contribution in [0.1, 0.15) is 13.8 Å². The zero-order valence-corrected chi connectivity index (χ0v) is 7.98. The van der Waals surface area contributed by atoms with Gasteiger partial charge in [0, 0.05) is 0 Å². The minimum absolute atomic E-state index is 0.0159. The number of carboxylic acid groups (broad SMARTS) is 1. The Hall–Kier alpha value is -1.59. The quantitative estimate of drug-likeness (QED) is 0.493. The summed E-state index contributed by atoms with van der Waals surface area (Å²) in [6, 6.07) is 0. The van der Waals surface area contributed by atoms with Crippen molar-refractivity contribution in [3.8, 4) is 0 Å². The third kappa shape index (κ3) is 3.42. The molecule has 0 aliphatic rings. The summed E-state index contributed by atoms with van der Waals surface area (Å²) in [7, 11) is 0. The maximum atomic E-state index is 11.0. The third-order valence-electron chi connectivity index (χ3n) is 1.29. The van der Waals surface area contributed by atoms with Crippen LogP contribution in [0.15, 0.2) is 0 Å². The van der Waals surface area contributed by atoms with Crippen LogP contribution in [0.4, 0.5) is 0 Å². The van der Waals surface area contributed by atoms with Gasteiger partial charge in [0.15, 0.2) is 0 Å². The van der Waals surface area contributed by atoms with Gasteiger partial charge >= 0.3 is 17.9 Å². The fraction of sp³-hybridized carbons (Fsp3) is 0.625. The topological polar surface area (TPSA) is 89.9 Å². The van der Waals surface area contributed by atoms with E-state index in [4.69, 9.17) is 5.11 Å². The first kappa shape index (κ1) is 12.4. The Morgan fingerprint density at radius 1 is 1.07 bits per heavy atom. The first-order valence-corrected chi connectivity index (χ1v) is 4.10. The molecule has 1 N–H and O–H groups in total. The first-order valence-electron chi connectivity index (χ1n) is 4.10. The number of hydrogen-bond donors (Lipinski definition) is 1. The van der Waals surface area contributed by atoms with Gasteiger partial charge in [0.2, 0.25) is 0 Å². The number of esters is 2. The van der Waals surface area contributed by atoms with Crippen LogP contribution in [0.3, 0.4) is 0 Å². The maximum absolute atomic E-state index is 11.0. The van der Waals surface area contributed by atoms with E-state index in [9.17, 15) is 14.4 Å². The molecule has 0 unspecified atom stereocenters. The molecule has 0 aliphatic heterocycles. The van der Waals surface area contributed by atoms with Crippen LogP contribution in [-0.2, 0) is 23.9 Å². The van der Waals surface area contributed by atoms with Crippen LogP contribution in [0, 0.1) is 5.92 Å². The Labute approximate surface area is 80.8 Å². The summed E-state index contributed by atoms with van der Waals surface area (Å²) >= 11 is 0. The van der Waals surface area contributed by atoms with E-state index in [2.05, 4.69) is 9.47 Å². The monoisotopic (exact) mass is 204 g/mol. The van der Waals surface area contributed by atoms with Crippen LogP contribution < -0.4 is 0 Å². The second-order valence-electron chi connectivity index (χ2n) is 2.28. The average Bonchev–Trinajstić information content (AvgIpc) is 2.04. The van der Waals surface area contributed by atoms with Crippen molar-refractivity contribution in [2.75, 3.05) is 13.2 Å². The standard InChI is InChI=1S/C8H12O6/c1-3-13-7(11)5(6(9)10)8(12)14-4-2/h5H,3-4H2,1-2H3,(H,9,10). The Morgan fingerprint density at radius 3 is 1.64 bits per heavy atom. The molecule has 0 bridgehead atoms. The van der Waals surface area contributed by atoms with Gasteiger partial charge in [-0.05, 0) is 13.8 Å². The smallest absolute Gasteiger partial charge is 0.331 e. The second kappa shape index (κ2) is 5.95. The highest BCUT2D eigenvalue weighted by Gasteiger charge is 2.36. The minimum Gasteiger partial charge on any atom is -0.480 e. The molecule has 0 heterocycles. The number of carbonyl (C=O) groups is 3. The Kier molecular flexibility index (Phi) is 5.28. The van der Waals surface area contributed by atoms with E-state index in [0.29, 0.717) is 0 Å². The van der Waals surface area contributed by atoms with Crippen molar-refractivity contribution in [3.63, 3.8) is 0 Å². The summed E-state index contributed by atoms with van der Waals surface area (Å²) in [6.45, 7) is 3.06. The van der Waals surface area contributed by atoms with E-state index < -0.39 is 23.8 Å². The van der Waals surface area contributed by atoms with E-state index >= 15 is 0 Å². The number of carboxylic acids is 1. The van der Waals surface area contributed by atoms with Gasteiger partial charge in [0.1, 0.15) is 0 Å². The Morgan fingerprint density at radius 2 is 1.43 bits per heavy atom. The molecule has 6 nitrogen and oxygen atoms in total. The lowest BCUT2D eigenvalue weighted by molar-refractivity contribution is -0.169.